The Balaban J connectivity index is 2.31. The van der Waals surface area contributed by atoms with Crippen molar-refractivity contribution >= 4 is 50.5 Å². The molecule has 1 amide bonds. The number of nitrogens with zero attached hydrogens (tertiary/aromatic N) is 1. The Morgan fingerprint density at radius 3 is 2.94 bits per heavy atom. The molecule has 0 saturated carbocycles. The second kappa shape index (κ2) is 5.69. The molecule has 0 fully saturated rings. The van der Waals surface area contributed by atoms with Crippen LogP contribution in [0, 0.1) is 0 Å². The fourth-order valence-corrected chi connectivity index (χ4v) is 2.88. The van der Waals surface area contributed by atoms with E-state index in [1.165, 1.54) is 18.4 Å². The van der Waals surface area contributed by atoms with Crippen LogP contribution in [0.1, 0.15) is 10.5 Å². The molecule has 0 saturated heterocycles. The van der Waals surface area contributed by atoms with Crippen LogP contribution < -0.4 is 10.1 Å². The van der Waals surface area contributed by atoms with Crippen molar-refractivity contribution in [3.05, 3.63) is 38.2 Å². The maximum atomic E-state index is 11.9. The number of amides is 1. The second-order valence-corrected chi connectivity index (χ2v) is 5.31. The summed E-state index contributed by atoms with van der Waals surface area (Å²) in [6, 6.07) is 3.31. The van der Waals surface area contributed by atoms with Gasteiger partial charge in [-0.15, -0.1) is 11.3 Å². The monoisotopic (exact) mass is 346 g/mol. The first-order chi connectivity index (χ1) is 8.61. The zero-order chi connectivity index (χ0) is 13.1. The van der Waals surface area contributed by atoms with Crippen LogP contribution >= 0.6 is 38.9 Å². The van der Waals surface area contributed by atoms with Crippen molar-refractivity contribution in [1.82, 2.24) is 4.98 Å². The number of halogens is 2. The first-order valence-corrected chi connectivity index (χ1v) is 6.95. The summed E-state index contributed by atoms with van der Waals surface area (Å²) >= 11 is 10.6. The molecular weight excluding hydrogens is 340 g/mol. The van der Waals surface area contributed by atoms with Crippen molar-refractivity contribution in [2.75, 3.05) is 12.4 Å². The number of thiazole rings is 1. The van der Waals surface area contributed by atoms with Crippen LogP contribution in [-0.2, 0) is 0 Å². The summed E-state index contributed by atoms with van der Waals surface area (Å²) in [5.41, 5.74) is 2.45. The third kappa shape index (κ3) is 2.82. The second-order valence-electron chi connectivity index (χ2n) is 3.30. The highest BCUT2D eigenvalue weighted by Gasteiger charge is 2.14. The predicted molar refractivity (Wildman–Crippen MR) is 75.8 cm³/mol. The van der Waals surface area contributed by atoms with E-state index in [1.807, 2.05) is 0 Å². The molecule has 18 heavy (non-hydrogen) atoms. The molecule has 0 bridgehead atoms. The number of rotatable bonds is 3. The van der Waals surface area contributed by atoms with Gasteiger partial charge in [-0.2, -0.15) is 0 Å². The highest BCUT2D eigenvalue weighted by Crippen LogP contribution is 2.36. The molecule has 0 spiro atoms. The van der Waals surface area contributed by atoms with Gasteiger partial charge in [0.15, 0.2) is 5.75 Å². The van der Waals surface area contributed by atoms with Gasteiger partial charge in [-0.3, -0.25) is 4.79 Å². The zero-order valence-electron chi connectivity index (χ0n) is 9.24. The Labute approximate surface area is 121 Å². The Bertz CT molecular complexity index is 575. The molecule has 7 heteroatoms. The van der Waals surface area contributed by atoms with E-state index in [2.05, 4.69) is 26.2 Å². The van der Waals surface area contributed by atoms with Crippen LogP contribution in [0.5, 0.6) is 5.75 Å². The van der Waals surface area contributed by atoms with E-state index >= 15 is 0 Å². The highest BCUT2D eigenvalue weighted by atomic mass is 79.9. The smallest absolute Gasteiger partial charge is 0.275 e. The quantitative estimate of drug-likeness (QED) is 0.918. The van der Waals surface area contributed by atoms with Gasteiger partial charge in [0.2, 0.25) is 0 Å². The summed E-state index contributed by atoms with van der Waals surface area (Å²) in [7, 11) is 1.52. The number of aromatic nitrogens is 1. The molecule has 0 aliphatic carbocycles. The van der Waals surface area contributed by atoms with Gasteiger partial charge in [0.05, 0.1) is 22.8 Å². The molecule has 0 unspecified atom stereocenters. The van der Waals surface area contributed by atoms with Gasteiger partial charge < -0.3 is 10.1 Å². The maximum absolute atomic E-state index is 11.9. The SMILES string of the molecule is COc1c(Br)cc(Cl)cc1NC(=O)c1cscn1. The van der Waals surface area contributed by atoms with Crippen LogP contribution in [0.15, 0.2) is 27.5 Å². The van der Waals surface area contributed by atoms with Crippen molar-refractivity contribution in [2.24, 2.45) is 0 Å². The largest absolute Gasteiger partial charge is 0.493 e. The van der Waals surface area contributed by atoms with Gasteiger partial charge in [0.1, 0.15) is 5.69 Å². The Kier molecular flexibility index (Phi) is 4.21. The van der Waals surface area contributed by atoms with Crippen molar-refractivity contribution in [3.8, 4) is 5.75 Å². The van der Waals surface area contributed by atoms with Gasteiger partial charge >= 0.3 is 0 Å². The van der Waals surface area contributed by atoms with Gasteiger partial charge in [0.25, 0.3) is 5.91 Å². The van der Waals surface area contributed by atoms with E-state index in [-0.39, 0.29) is 5.91 Å². The fraction of sp³-hybridized carbons (Fsp3) is 0.0909. The molecule has 0 atom stereocenters. The summed E-state index contributed by atoms with van der Waals surface area (Å²) in [6.07, 6.45) is 0. The lowest BCUT2D eigenvalue weighted by atomic mass is 10.3. The molecule has 1 aromatic heterocycles. The highest BCUT2D eigenvalue weighted by molar-refractivity contribution is 9.10. The predicted octanol–water partition coefficient (Wildman–Crippen LogP) is 3.82. The number of hydrogen-bond acceptors (Lipinski definition) is 4. The fourth-order valence-electron chi connectivity index (χ4n) is 1.37. The number of hydrogen-bond donors (Lipinski definition) is 1. The van der Waals surface area contributed by atoms with Gasteiger partial charge in [0, 0.05) is 10.4 Å². The molecule has 0 aliphatic rings. The normalized spacial score (nSPS) is 10.2. The molecule has 2 aromatic rings. The summed E-state index contributed by atoms with van der Waals surface area (Å²) in [6.45, 7) is 0. The summed E-state index contributed by atoms with van der Waals surface area (Å²) in [5.74, 6) is 0.215. The van der Waals surface area contributed by atoms with E-state index in [4.69, 9.17) is 16.3 Å². The molecular formula is C11H8BrClN2O2S. The van der Waals surface area contributed by atoms with E-state index < -0.39 is 0 Å². The average Bonchev–Trinajstić information content (AvgIpc) is 2.81. The van der Waals surface area contributed by atoms with Gasteiger partial charge in [-0.25, -0.2) is 4.98 Å². The van der Waals surface area contributed by atoms with Crippen molar-refractivity contribution in [1.29, 1.82) is 0 Å². The van der Waals surface area contributed by atoms with Crippen molar-refractivity contribution < 1.29 is 9.53 Å². The maximum Gasteiger partial charge on any atom is 0.275 e. The van der Waals surface area contributed by atoms with Crippen LogP contribution in [0.25, 0.3) is 0 Å². The molecule has 94 valence electrons. The van der Waals surface area contributed by atoms with Gasteiger partial charge in [-0.05, 0) is 28.1 Å². The number of ether oxygens (including phenoxy) is 1. The first kappa shape index (κ1) is 13.3. The van der Waals surface area contributed by atoms with Crippen LogP contribution in [-0.4, -0.2) is 18.0 Å². The average molecular weight is 348 g/mol. The third-order valence-corrected chi connectivity index (χ3v) is 3.52. The first-order valence-electron chi connectivity index (χ1n) is 4.84. The van der Waals surface area contributed by atoms with Gasteiger partial charge in [-0.1, -0.05) is 11.6 Å². The lowest BCUT2D eigenvalue weighted by Gasteiger charge is -2.11. The van der Waals surface area contributed by atoms with E-state index in [9.17, 15) is 4.79 Å². The molecule has 1 N–H and O–H groups in total. The van der Waals surface area contributed by atoms with Crippen molar-refractivity contribution in [3.63, 3.8) is 0 Å². The lowest BCUT2D eigenvalue weighted by Crippen LogP contribution is -2.13. The number of benzene rings is 1. The van der Waals surface area contributed by atoms with E-state index in [1.54, 1.807) is 23.0 Å². The Hall–Kier alpha value is -1.11. The van der Waals surface area contributed by atoms with E-state index in [0.717, 1.165) is 0 Å². The summed E-state index contributed by atoms with van der Waals surface area (Å²) < 4.78 is 5.88. The number of methoxy groups -OCH3 is 1. The number of carbonyl (C=O) groups is 1. The summed E-state index contributed by atoms with van der Waals surface area (Å²) in [4.78, 5) is 15.8. The number of carbonyl (C=O) groups excluding carboxylic acids is 1. The topological polar surface area (TPSA) is 51.2 Å². The molecule has 0 radical (unpaired) electrons. The van der Waals surface area contributed by atoms with E-state index in [0.29, 0.717) is 26.6 Å². The Morgan fingerprint density at radius 1 is 1.56 bits per heavy atom. The minimum absolute atomic E-state index is 0.302. The molecule has 2 rings (SSSR count). The van der Waals surface area contributed by atoms with Crippen molar-refractivity contribution in [2.45, 2.75) is 0 Å². The molecule has 1 aromatic carbocycles. The van der Waals surface area contributed by atoms with Crippen LogP contribution in [0.4, 0.5) is 5.69 Å². The molecule has 1 heterocycles. The third-order valence-electron chi connectivity index (χ3n) is 2.13. The van der Waals surface area contributed by atoms with Crippen LogP contribution in [0.2, 0.25) is 5.02 Å². The lowest BCUT2D eigenvalue weighted by molar-refractivity contribution is 0.102. The molecule has 4 nitrogen and oxygen atoms in total. The minimum atomic E-state index is -0.302. The number of nitrogens with one attached hydrogen (secondary N) is 1. The standard InChI is InChI=1S/C11H8BrClN2O2S/c1-17-10-7(12)2-6(13)3-8(10)15-11(16)9-4-18-5-14-9/h2-5H,1H3,(H,15,16). The zero-order valence-corrected chi connectivity index (χ0v) is 12.4. The minimum Gasteiger partial charge on any atom is -0.493 e. The van der Waals surface area contributed by atoms with Crippen LogP contribution in [0.3, 0.4) is 0 Å². The number of anilines is 1. The molecule has 0 aliphatic heterocycles. The Morgan fingerprint density at radius 2 is 2.33 bits per heavy atom. The summed E-state index contributed by atoms with van der Waals surface area (Å²) in [5, 5.41) is 4.88.